The van der Waals surface area contributed by atoms with Crippen molar-refractivity contribution in [2.75, 3.05) is 5.32 Å². The largest absolute Gasteiger partial charge is 0.349 e. The fourth-order valence-electron chi connectivity index (χ4n) is 2.13. The number of rotatable bonds is 4. The molecule has 0 bridgehead atoms. The van der Waals surface area contributed by atoms with E-state index in [9.17, 15) is 14.4 Å². The predicted molar refractivity (Wildman–Crippen MR) is 86.6 cm³/mol. The van der Waals surface area contributed by atoms with Crippen molar-refractivity contribution in [1.82, 2.24) is 9.88 Å². The third-order valence-corrected chi connectivity index (χ3v) is 3.66. The molecule has 1 aliphatic rings. The Hall–Kier alpha value is -2.89. The third kappa shape index (κ3) is 3.66. The Morgan fingerprint density at radius 1 is 1.09 bits per heavy atom. The average molecular weight is 311 g/mol. The van der Waals surface area contributed by atoms with Crippen molar-refractivity contribution >= 4 is 17.5 Å². The first-order valence-corrected chi connectivity index (χ1v) is 7.42. The number of amides is 2. The number of hydrogen-bond acceptors (Lipinski definition) is 3. The molecule has 0 spiro atoms. The lowest BCUT2D eigenvalue weighted by molar-refractivity contribution is 0.0949. The number of nitrogens with one attached hydrogen (secondary N) is 2. The lowest BCUT2D eigenvalue weighted by Crippen LogP contribution is -2.25. The van der Waals surface area contributed by atoms with Crippen molar-refractivity contribution in [2.45, 2.75) is 18.9 Å². The van der Waals surface area contributed by atoms with Crippen molar-refractivity contribution in [3.05, 3.63) is 64.1 Å². The monoisotopic (exact) mass is 311 g/mol. The minimum absolute atomic E-state index is 0.142. The topological polar surface area (TPSA) is 80.2 Å². The number of hydrogen-bond donors (Lipinski definition) is 2. The van der Waals surface area contributed by atoms with Gasteiger partial charge in [-0.3, -0.25) is 14.4 Å². The van der Waals surface area contributed by atoms with Gasteiger partial charge in [-0.1, -0.05) is 6.07 Å². The molecule has 1 fully saturated rings. The van der Waals surface area contributed by atoms with Crippen molar-refractivity contribution in [1.29, 1.82) is 0 Å². The van der Waals surface area contributed by atoms with Crippen LogP contribution in [-0.4, -0.2) is 22.4 Å². The van der Waals surface area contributed by atoms with Crippen LogP contribution in [-0.2, 0) is 7.05 Å². The van der Waals surface area contributed by atoms with Gasteiger partial charge in [-0.15, -0.1) is 0 Å². The van der Waals surface area contributed by atoms with E-state index in [1.54, 1.807) is 37.4 Å². The highest BCUT2D eigenvalue weighted by Crippen LogP contribution is 2.20. The Bertz CT molecular complexity index is 822. The van der Waals surface area contributed by atoms with Gasteiger partial charge in [-0.25, -0.2) is 0 Å². The molecule has 6 nitrogen and oxygen atoms in total. The summed E-state index contributed by atoms with van der Waals surface area (Å²) in [6.07, 6.45) is 3.58. The maximum absolute atomic E-state index is 12.2. The van der Waals surface area contributed by atoms with Crippen LogP contribution in [0.15, 0.2) is 47.4 Å². The summed E-state index contributed by atoms with van der Waals surface area (Å²) in [7, 11) is 1.62. The second-order valence-electron chi connectivity index (χ2n) is 5.65. The minimum Gasteiger partial charge on any atom is -0.349 e. The highest BCUT2D eigenvalue weighted by atomic mass is 16.2. The van der Waals surface area contributed by atoms with E-state index in [4.69, 9.17) is 0 Å². The van der Waals surface area contributed by atoms with Gasteiger partial charge in [0.25, 0.3) is 17.4 Å². The number of aryl methyl sites for hydroxylation is 1. The maximum atomic E-state index is 12.2. The molecule has 1 aromatic heterocycles. The molecule has 3 rings (SSSR count). The number of benzene rings is 1. The van der Waals surface area contributed by atoms with Gasteiger partial charge in [-0.05, 0) is 37.1 Å². The van der Waals surface area contributed by atoms with Crippen LogP contribution in [0.5, 0.6) is 0 Å². The molecule has 0 unspecified atom stereocenters. The number of carbonyl (C=O) groups is 2. The van der Waals surface area contributed by atoms with Crippen LogP contribution >= 0.6 is 0 Å². The summed E-state index contributed by atoms with van der Waals surface area (Å²) in [5, 5.41) is 5.60. The van der Waals surface area contributed by atoms with Crippen molar-refractivity contribution < 1.29 is 9.59 Å². The number of carbonyl (C=O) groups excluding carboxylic acids is 2. The first kappa shape index (κ1) is 15.0. The maximum Gasteiger partial charge on any atom is 0.255 e. The molecule has 0 radical (unpaired) electrons. The van der Waals surface area contributed by atoms with Crippen LogP contribution in [0.4, 0.5) is 5.69 Å². The van der Waals surface area contributed by atoms with E-state index in [0.29, 0.717) is 11.3 Å². The molecular formula is C17H17N3O3. The van der Waals surface area contributed by atoms with Crippen LogP contribution in [0.25, 0.3) is 0 Å². The molecule has 0 saturated heterocycles. The third-order valence-electron chi connectivity index (χ3n) is 3.66. The Kier molecular flexibility index (Phi) is 3.97. The first-order valence-electron chi connectivity index (χ1n) is 7.42. The summed E-state index contributed by atoms with van der Waals surface area (Å²) in [4.78, 5) is 35.8. The zero-order valence-electron chi connectivity index (χ0n) is 12.7. The summed E-state index contributed by atoms with van der Waals surface area (Å²) in [5.74, 6) is -0.528. The lowest BCUT2D eigenvalue weighted by Gasteiger charge is -2.08. The second-order valence-corrected chi connectivity index (χ2v) is 5.65. The van der Waals surface area contributed by atoms with Gasteiger partial charge in [0.1, 0.15) is 0 Å². The van der Waals surface area contributed by atoms with E-state index in [1.807, 2.05) is 0 Å². The summed E-state index contributed by atoms with van der Waals surface area (Å²) in [6.45, 7) is 0. The highest BCUT2D eigenvalue weighted by Gasteiger charge is 2.23. The van der Waals surface area contributed by atoms with Crippen LogP contribution in [0.1, 0.15) is 33.6 Å². The molecule has 0 atom stereocenters. The number of aromatic nitrogens is 1. The Balaban J connectivity index is 1.73. The molecule has 0 aliphatic heterocycles. The zero-order chi connectivity index (χ0) is 16.4. The minimum atomic E-state index is -0.387. The SMILES string of the molecule is Cn1ccc(C(=O)Nc2cccc(C(=O)NC3CC3)c2)cc1=O. The summed E-state index contributed by atoms with van der Waals surface area (Å²) in [5.41, 5.74) is 1.04. The van der Waals surface area contributed by atoms with Gasteiger partial charge < -0.3 is 15.2 Å². The van der Waals surface area contributed by atoms with Crippen LogP contribution in [0, 0.1) is 0 Å². The quantitative estimate of drug-likeness (QED) is 0.898. The number of nitrogens with zero attached hydrogens (tertiary/aromatic N) is 1. The highest BCUT2D eigenvalue weighted by molar-refractivity contribution is 6.05. The standard InChI is InChI=1S/C17H17N3O3/c1-20-8-7-12(10-15(20)21)17(23)19-14-4-2-3-11(9-14)16(22)18-13-5-6-13/h2-4,7-10,13H,5-6H2,1H3,(H,18,22)(H,19,23). The Morgan fingerprint density at radius 3 is 2.52 bits per heavy atom. The van der Waals surface area contributed by atoms with Gasteiger partial charge in [0.05, 0.1) is 0 Å². The van der Waals surface area contributed by atoms with Crippen LogP contribution in [0.2, 0.25) is 0 Å². The van der Waals surface area contributed by atoms with E-state index in [1.165, 1.54) is 16.8 Å². The fourth-order valence-corrected chi connectivity index (χ4v) is 2.13. The van der Waals surface area contributed by atoms with E-state index < -0.39 is 0 Å². The smallest absolute Gasteiger partial charge is 0.255 e. The van der Waals surface area contributed by atoms with E-state index >= 15 is 0 Å². The molecule has 2 aromatic rings. The van der Waals surface area contributed by atoms with Gasteiger partial charge in [0.15, 0.2) is 0 Å². The van der Waals surface area contributed by atoms with E-state index in [0.717, 1.165) is 12.8 Å². The fraction of sp³-hybridized carbons (Fsp3) is 0.235. The molecule has 6 heteroatoms. The molecule has 1 saturated carbocycles. The second kappa shape index (κ2) is 6.08. The van der Waals surface area contributed by atoms with Gasteiger partial charge in [0, 0.05) is 42.2 Å². The van der Waals surface area contributed by atoms with Gasteiger partial charge in [-0.2, -0.15) is 0 Å². The van der Waals surface area contributed by atoms with Crippen molar-refractivity contribution in [3.8, 4) is 0 Å². The normalized spacial score (nSPS) is 13.4. The first-order chi connectivity index (χ1) is 11.0. The van der Waals surface area contributed by atoms with Crippen LogP contribution in [0.3, 0.4) is 0 Å². The summed E-state index contributed by atoms with van der Waals surface area (Å²) in [6, 6.07) is 9.86. The van der Waals surface area contributed by atoms with Crippen LogP contribution < -0.4 is 16.2 Å². The van der Waals surface area contributed by atoms with Gasteiger partial charge >= 0.3 is 0 Å². The molecule has 2 N–H and O–H groups in total. The molecule has 1 aromatic carbocycles. The summed E-state index contributed by atoms with van der Waals surface area (Å²) >= 11 is 0. The molecule has 2 amide bonds. The van der Waals surface area contributed by atoms with Crippen molar-refractivity contribution in [2.24, 2.45) is 7.05 Å². The van der Waals surface area contributed by atoms with Crippen molar-refractivity contribution in [3.63, 3.8) is 0 Å². The molecule has 1 aliphatic carbocycles. The van der Waals surface area contributed by atoms with Gasteiger partial charge in [0.2, 0.25) is 0 Å². The number of anilines is 1. The molecule has 23 heavy (non-hydrogen) atoms. The Labute approximate surface area is 133 Å². The number of pyridine rings is 1. The lowest BCUT2D eigenvalue weighted by atomic mass is 10.1. The molecule has 118 valence electrons. The molecule has 1 heterocycles. The summed E-state index contributed by atoms with van der Waals surface area (Å²) < 4.78 is 1.39. The predicted octanol–water partition coefficient (Wildman–Crippen LogP) is 1.53. The van der Waals surface area contributed by atoms with E-state index in [-0.39, 0.29) is 29.0 Å². The Morgan fingerprint density at radius 2 is 1.83 bits per heavy atom. The van der Waals surface area contributed by atoms with E-state index in [2.05, 4.69) is 10.6 Å². The average Bonchev–Trinajstić information content (AvgIpc) is 3.34. The molecular weight excluding hydrogens is 294 g/mol. The zero-order valence-corrected chi connectivity index (χ0v) is 12.7.